The minimum Gasteiger partial charge on any atom is -0.446 e. The molecule has 7 heteroatoms. The number of aryl methyl sites for hydroxylation is 1. The minimum atomic E-state index is -0.647. The molecule has 0 bridgehead atoms. The molecule has 0 aliphatic carbocycles. The maximum absolute atomic E-state index is 13.1. The van der Waals surface area contributed by atoms with Gasteiger partial charge in [0.2, 0.25) is 0 Å². The van der Waals surface area contributed by atoms with E-state index >= 15 is 0 Å². The van der Waals surface area contributed by atoms with Crippen LogP contribution in [-0.2, 0) is 9.53 Å². The molecule has 2 aromatic rings. The van der Waals surface area contributed by atoms with Gasteiger partial charge in [0, 0.05) is 24.7 Å². The van der Waals surface area contributed by atoms with Gasteiger partial charge in [-0.05, 0) is 60.9 Å². The number of halogens is 1. The molecule has 0 aliphatic heterocycles. The lowest BCUT2D eigenvalue weighted by Gasteiger charge is -2.31. The Morgan fingerprint density at radius 3 is 2.05 bits per heavy atom. The summed E-state index contributed by atoms with van der Waals surface area (Å²) < 4.78 is 5.42. The zero-order chi connectivity index (χ0) is 28.4. The maximum Gasteiger partial charge on any atom is 0.323 e. The number of carbonyl (C=O) groups excluding carboxylic acids is 2. The molecule has 0 aliphatic rings. The van der Waals surface area contributed by atoms with Gasteiger partial charge in [0.1, 0.15) is 0 Å². The van der Waals surface area contributed by atoms with Crippen molar-refractivity contribution in [1.29, 1.82) is 0 Å². The van der Waals surface area contributed by atoms with Gasteiger partial charge in [-0.25, -0.2) is 4.79 Å². The zero-order valence-electron chi connectivity index (χ0n) is 24.3. The number of benzene rings is 2. The topological polar surface area (TPSA) is 70.7 Å². The van der Waals surface area contributed by atoms with Crippen LogP contribution < -0.4 is 15.5 Å². The van der Waals surface area contributed by atoms with E-state index in [2.05, 4.69) is 55.4 Å². The van der Waals surface area contributed by atoms with Crippen LogP contribution in [0.1, 0.15) is 78.4 Å². The summed E-state index contributed by atoms with van der Waals surface area (Å²) in [4.78, 5) is 28.0. The maximum atomic E-state index is 13.1. The molecule has 2 N–H and O–H groups in total. The Morgan fingerprint density at radius 2 is 1.53 bits per heavy atom. The van der Waals surface area contributed by atoms with Gasteiger partial charge in [0.25, 0.3) is 0 Å². The number of amides is 2. The zero-order valence-corrected chi connectivity index (χ0v) is 25.1. The number of nitrogens with zero attached hydrogens (tertiary/aromatic N) is 1. The fourth-order valence-corrected chi connectivity index (χ4v) is 4.37. The molecular formula is C31H46ClN3O3. The number of rotatable bonds is 13. The van der Waals surface area contributed by atoms with Crippen LogP contribution in [0.2, 0.25) is 0 Å². The lowest BCUT2D eigenvalue weighted by Crippen LogP contribution is -2.32. The molecule has 0 fully saturated rings. The molecule has 0 radical (unpaired) electrons. The Hall–Kier alpha value is -2.73. The lowest BCUT2D eigenvalue weighted by atomic mass is 9.92. The predicted octanol–water partition coefficient (Wildman–Crippen LogP) is 8.41. The number of anilines is 3. The molecule has 38 heavy (non-hydrogen) atoms. The van der Waals surface area contributed by atoms with Gasteiger partial charge in [-0.1, -0.05) is 83.8 Å². The molecule has 0 saturated carbocycles. The first-order valence-corrected chi connectivity index (χ1v) is 14.2. The number of urea groups is 1. The van der Waals surface area contributed by atoms with Crippen LogP contribution >= 0.6 is 11.6 Å². The Kier molecular flexibility index (Phi) is 12.4. The van der Waals surface area contributed by atoms with E-state index in [0.29, 0.717) is 11.8 Å². The second-order valence-electron chi connectivity index (χ2n) is 11.3. The summed E-state index contributed by atoms with van der Waals surface area (Å²) in [7, 11) is 0. The average molecular weight is 544 g/mol. The molecule has 0 saturated heterocycles. The fourth-order valence-electron chi connectivity index (χ4n) is 4.27. The summed E-state index contributed by atoms with van der Waals surface area (Å²) in [5.41, 5.74) is 3.86. The van der Waals surface area contributed by atoms with E-state index in [1.165, 1.54) is 0 Å². The summed E-state index contributed by atoms with van der Waals surface area (Å²) in [6.07, 6.45) is 0.974. The van der Waals surface area contributed by atoms with Crippen molar-refractivity contribution in [2.24, 2.45) is 17.8 Å². The van der Waals surface area contributed by atoms with E-state index < -0.39 is 5.56 Å². The molecule has 6 nitrogen and oxygen atoms in total. The van der Waals surface area contributed by atoms with Crippen molar-refractivity contribution in [2.45, 2.75) is 79.7 Å². The first-order chi connectivity index (χ1) is 17.9. The molecular weight excluding hydrogens is 498 g/mol. The van der Waals surface area contributed by atoms with Gasteiger partial charge in [-0.3, -0.25) is 4.79 Å². The number of esters is 1. The van der Waals surface area contributed by atoms with Crippen molar-refractivity contribution in [2.75, 3.05) is 28.6 Å². The molecule has 0 spiro atoms. The van der Waals surface area contributed by atoms with Crippen molar-refractivity contribution < 1.29 is 14.3 Å². The predicted molar refractivity (Wildman–Crippen MR) is 160 cm³/mol. The minimum absolute atomic E-state index is 0.0377. The SMILES string of the molecule is CC[C@@H](CC(=O)OC(Cl)C(C)C)c1ccc(N(CC(C)C)CC(C)C)c(NC(=O)Nc2ccc(C)cc2)c1. The van der Waals surface area contributed by atoms with Gasteiger partial charge < -0.3 is 20.3 Å². The highest BCUT2D eigenvalue weighted by atomic mass is 35.5. The Balaban J connectivity index is 2.38. The molecule has 1 unspecified atom stereocenters. The van der Waals surface area contributed by atoms with Crippen LogP contribution in [0, 0.1) is 24.7 Å². The van der Waals surface area contributed by atoms with Gasteiger partial charge in [-0.2, -0.15) is 0 Å². The van der Waals surface area contributed by atoms with Crippen molar-refractivity contribution in [3.8, 4) is 0 Å². The third kappa shape index (κ3) is 10.2. The molecule has 210 valence electrons. The summed E-state index contributed by atoms with van der Waals surface area (Å²) in [5, 5.41) is 6.03. The van der Waals surface area contributed by atoms with E-state index in [1.54, 1.807) is 0 Å². The van der Waals surface area contributed by atoms with E-state index in [0.717, 1.165) is 47.7 Å². The van der Waals surface area contributed by atoms with Crippen LogP contribution in [-0.4, -0.2) is 30.7 Å². The number of hydrogen-bond acceptors (Lipinski definition) is 4. The van der Waals surface area contributed by atoms with Crippen LogP contribution in [0.15, 0.2) is 42.5 Å². The van der Waals surface area contributed by atoms with Crippen molar-refractivity contribution in [3.05, 3.63) is 53.6 Å². The second-order valence-corrected chi connectivity index (χ2v) is 11.7. The van der Waals surface area contributed by atoms with Gasteiger partial charge in [0.05, 0.1) is 17.8 Å². The summed E-state index contributed by atoms with van der Waals surface area (Å²) in [5.74, 6) is 0.561. The number of hydrogen-bond donors (Lipinski definition) is 2. The van der Waals surface area contributed by atoms with Crippen LogP contribution in [0.25, 0.3) is 0 Å². The van der Waals surface area contributed by atoms with Gasteiger partial charge in [0.15, 0.2) is 5.56 Å². The normalized spacial score (nSPS) is 12.9. The molecule has 2 atom stereocenters. The van der Waals surface area contributed by atoms with Gasteiger partial charge in [-0.15, -0.1) is 0 Å². The largest absolute Gasteiger partial charge is 0.446 e. The van der Waals surface area contributed by atoms with Crippen LogP contribution in [0.5, 0.6) is 0 Å². The highest BCUT2D eigenvalue weighted by Gasteiger charge is 2.22. The summed E-state index contributed by atoms with van der Waals surface area (Å²) in [6, 6.07) is 13.5. The number of carbonyl (C=O) groups is 2. The van der Waals surface area contributed by atoms with Crippen molar-refractivity contribution >= 4 is 40.7 Å². The number of nitrogens with one attached hydrogen (secondary N) is 2. The summed E-state index contributed by atoms with van der Waals surface area (Å²) in [6.45, 7) is 18.4. The fraction of sp³-hybridized carbons (Fsp3) is 0.548. The quantitative estimate of drug-likeness (QED) is 0.196. The Bertz CT molecular complexity index is 1030. The monoisotopic (exact) mass is 543 g/mol. The average Bonchev–Trinajstić information content (AvgIpc) is 2.82. The number of ether oxygens (including phenoxy) is 1. The molecule has 2 rings (SSSR count). The van der Waals surface area contributed by atoms with Crippen molar-refractivity contribution in [1.82, 2.24) is 0 Å². The van der Waals surface area contributed by atoms with Gasteiger partial charge >= 0.3 is 12.0 Å². The third-order valence-corrected chi connectivity index (χ3v) is 6.83. The lowest BCUT2D eigenvalue weighted by molar-refractivity contribution is -0.147. The smallest absolute Gasteiger partial charge is 0.323 e. The van der Waals surface area contributed by atoms with Crippen LogP contribution in [0.4, 0.5) is 21.9 Å². The molecule has 2 amide bonds. The van der Waals surface area contributed by atoms with E-state index in [9.17, 15) is 9.59 Å². The standard InChI is InChI=1S/C31H46ClN3O3/c1-9-24(17-29(36)38-30(32)22(6)7)25-12-15-28(35(18-20(2)3)19-21(4)5)27(16-25)34-31(37)33-26-13-10-23(8)11-14-26/h10-16,20-22,24,30H,9,17-19H2,1-8H3,(H2,33,34,37)/t24-,30?/m0/s1. The highest BCUT2D eigenvalue weighted by molar-refractivity contribution is 6.20. The molecule has 0 aromatic heterocycles. The molecule has 0 heterocycles. The summed E-state index contributed by atoms with van der Waals surface area (Å²) >= 11 is 6.18. The van der Waals surface area contributed by atoms with E-state index in [1.807, 2.05) is 58.0 Å². The van der Waals surface area contributed by atoms with Crippen molar-refractivity contribution in [3.63, 3.8) is 0 Å². The first kappa shape index (κ1) is 31.5. The highest BCUT2D eigenvalue weighted by Crippen LogP contribution is 2.34. The van der Waals surface area contributed by atoms with E-state index in [4.69, 9.17) is 16.3 Å². The molecule has 2 aromatic carbocycles. The number of alkyl halides is 1. The second kappa shape index (κ2) is 15.0. The third-order valence-electron chi connectivity index (χ3n) is 6.24. The Labute approximate surface area is 234 Å². The van der Waals surface area contributed by atoms with Crippen LogP contribution in [0.3, 0.4) is 0 Å². The Morgan fingerprint density at radius 1 is 0.921 bits per heavy atom. The first-order valence-electron chi connectivity index (χ1n) is 13.8. The van der Waals surface area contributed by atoms with E-state index in [-0.39, 0.29) is 30.3 Å².